The summed E-state index contributed by atoms with van der Waals surface area (Å²) in [5.41, 5.74) is 3.19. The van der Waals surface area contributed by atoms with E-state index in [0.29, 0.717) is 12.4 Å². The summed E-state index contributed by atoms with van der Waals surface area (Å²) < 4.78 is 0. The molecule has 1 aliphatic rings. The van der Waals surface area contributed by atoms with Gasteiger partial charge >= 0.3 is 0 Å². The molecule has 0 saturated heterocycles. The first-order chi connectivity index (χ1) is 11.8. The lowest BCUT2D eigenvalue weighted by atomic mass is 10.2. The van der Waals surface area contributed by atoms with Crippen LogP contribution >= 0.6 is 0 Å². The highest BCUT2D eigenvalue weighted by molar-refractivity contribution is 5.58. The Labute approximate surface area is 140 Å². The Hall–Kier alpha value is -2.89. The molecule has 0 amide bonds. The van der Waals surface area contributed by atoms with Crippen LogP contribution in [0.15, 0.2) is 42.9 Å². The minimum Gasteiger partial charge on any atom is -0.352 e. The maximum Gasteiger partial charge on any atom is 0.180 e. The Kier molecular flexibility index (Phi) is 3.86. The van der Waals surface area contributed by atoms with Crippen molar-refractivity contribution < 1.29 is 0 Å². The Balaban J connectivity index is 1.73. The van der Waals surface area contributed by atoms with E-state index in [1.54, 1.807) is 18.6 Å². The van der Waals surface area contributed by atoms with Crippen LogP contribution in [-0.4, -0.2) is 32.0 Å². The molecule has 0 aliphatic heterocycles. The summed E-state index contributed by atoms with van der Waals surface area (Å²) in [6, 6.07) is 7.63. The molecular formula is C18H18N6. The summed E-state index contributed by atoms with van der Waals surface area (Å²) in [4.78, 5) is 24.7. The molecule has 0 bridgehead atoms. The lowest BCUT2D eigenvalue weighted by Gasteiger charge is -2.20. The van der Waals surface area contributed by atoms with Crippen molar-refractivity contribution in [3.63, 3.8) is 0 Å². The van der Waals surface area contributed by atoms with Gasteiger partial charge in [0.05, 0.1) is 6.54 Å². The van der Waals surface area contributed by atoms with Crippen LogP contribution in [0.25, 0.3) is 11.5 Å². The van der Waals surface area contributed by atoms with Crippen molar-refractivity contribution in [1.82, 2.24) is 24.9 Å². The predicted molar refractivity (Wildman–Crippen MR) is 91.4 cm³/mol. The van der Waals surface area contributed by atoms with Gasteiger partial charge in [0.15, 0.2) is 5.82 Å². The normalized spacial score (nSPS) is 12.9. The van der Waals surface area contributed by atoms with E-state index in [1.807, 2.05) is 31.3 Å². The summed E-state index contributed by atoms with van der Waals surface area (Å²) in [6.45, 7) is 0.617. The number of aromatic nitrogens is 5. The van der Waals surface area contributed by atoms with Crippen LogP contribution in [0.5, 0.6) is 0 Å². The number of pyridine rings is 1. The average molecular weight is 318 g/mol. The standard InChI is InChI=1S/C18H18N6/c1-24(12-16-20-10-5-11-21-16)18-13-6-4-8-14(13)22-17(23-18)15-7-2-3-9-19-15/h2-3,5,7,9-11H,4,6,8,12H2,1H3. The number of aryl methyl sites for hydroxylation is 1. The molecule has 0 saturated carbocycles. The van der Waals surface area contributed by atoms with Gasteiger partial charge in [0, 0.05) is 36.9 Å². The molecule has 1 aliphatic carbocycles. The maximum atomic E-state index is 4.81. The van der Waals surface area contributed by atoms with Crippen molar-refractivity contribution in [2.45, 2.75) is 25.8 Å². The zero-order valence-electron chi connectivity index (χ0n) is 13.6. The van der Waals surface area contributed by atoms with E-state index in [9.17, 15) is 0 Å². The quantitative estimate of drug-likeness (QED) is 0.736. The first-order valence-electron chi connectivity index (χ1n) is 8.09. The summed E-state index contributed by atoms with van der Waals surface area (Å²) in [5.74, 6) is 2.43. The molecule has 3 heterocycles. The van der Waals surface area contributed by atoms with Crippen molar-refractivity contribution in [3.05, 3.63) is 59.9 Å². The number of hydrogen-bond donors (Lipinski definition) is 0. The highest BCUT2D eigenvalue weighted by atomic mass is 15.2. The van der Waals surface area contributed by atoms with E-state index in [1.165, 1.54) is 5.56 Å². The molecule has 0 aromatic carbocycles. The topological polar surface area (TPSA) is 67.7 Å². The van der Waals surface area contributed by atoms with E-state index < -0.39 is 0 Å². The van der Waals surface area contributed by atoms with E-state index in [0.717, 1.165) is 42.3 Å². The highest BCUT2D eigenvalue weighted by Gasteiger charge is 2.22. The molecule has 3 aromatic rings. The minimum absolute atomic E-state index is 0.617. The molecule has 0 fully saturated rings. The van der Waals surface area contributed by atoms with Gasteiger partial charge in [-0.15, -0.1) is 0 Å². The fraction of sp³-hybridized carbons (Fsp3) is 0.278. The van der Waals surface area contributed by atoms with Crippen LogP contribution in [-0.2, 0) is 19.4 Å². The van der Waals surface area contributed by atoms with E-state index in [-0.39, 0.29) is 0 Å². The van der Waals surface area contributed by atoms with Crippen LogP contribution in [0.4, 0.5) is 5.82 Å². The molecule has 0 spiro atoms. The molecule has 120 valence electrons. The third kappa shape index (κ3) is 2.82. The SMILES string of the molecule is CN(Cc1ncccn1)c1nc(-c2ccccn2)nc2c1CCC2. The molecule has 0 radical (unpaired) electrons. The van der Waals surface area contributed by atoms with Gasteiger partial charge in [-0.05, 0) is 37.5 Å². The first-order valence-corrected chi connectivity index (χ1v) is 8.09. The minimum atomic E-state index is 0.617. The van der Waals surface area contributed by atoms with Gasteiger partial charge in [-0.1, -0.05) is 6.07 Å². The largest absolute Gasteiger partial charge is 0.352 e. The number of fused-ring (bicyclic) bond motifs is 1. The van der Waals surface area contributed by atoms with Gasteiger partial charge in [-0.25, -0.2) is 19.9 Å². The van der Waals surface area contributed by atoms with Gasteiger partial charge in [0.25, 0.3) is 0 Å². The second kappa shape index (κ2) is 6.31. The molecule has 3 aromatic heterocycles. The molecule has 6 heteroatoms. The molecule has 4 rings (SSSR count). The number of anilines is 1. The van der Waals surface area contributed by atoms with Crippen LogP contribution in [0.1, 0.15) is 23.5 Å². The Bertz CT molecular complexity index is 835. The fourth-order valence-electron chi connectivity index (χ4n) is 3.04. The van der Waals surface area contributed by atoms with Crippen LogP contribution in [0, 0.1) is 0 Å². The van der Waals surface area contributed by atoms with Crippen molar-refractivity contribution >= 4 is 5.82 Å². The molecular weight excluding hydrogens is 300 g/mol. The molecule has 24 heavy (non-hydrogen) atoms. The van der Waals surface area contributed by atoms with Crippen molar-refractivity contribution in [2.24, 2.45) is 0 Å². The molecule has 6 nitrogen and oxygen atoms in total. The van der Waals surface area contributed by atoms with E-state index in [4.69, 9.17) is 9.97 Å². The summed E-state index contributed by atoms with van der Waals surface area (Å²) in [6.07, 6.45) is 8.44. The molecule has 0 atom stereocenters. The monoisotopic (exact) mass is 318 g/mol. The lowest BCUT2D eigenvalue weighted by molar-refractivity contribution is 0.812. The van der Waals surface area contributed by atoms with Gasteiger partial charge in [-0.3, -0.25) is 4.98 Å². The van der Waals surface area contributed by atoms with Crippen molar-refractivity contribution in [3.8, 4) is 11.5 Å². The summed E-state index contributed by atoms with van der Waals surface area (Å²) >= 11 is 0. The Morgan fingerprint density at radius 1 is 0.958 bits per heavy atom. The zero-order chi connectivity index (χ0) is 16.4. The Morgan fingerprint density at radius 3 is 2.58 bits per heavy atom. The van der Waals surface area contributed by atoms with Crippen LogP contribution in [0.3, 0.4) is 0 Å². The lowest BCUT2D eigenvalue weighted by Crippen LogP contribution is -2.21. The summed E-state index contributed by atoms with van der Waals surface area (Å²) in [7, 11) is 2.03. The van der Waals surface area contributed by atoms with Gasteiger partial charge in [-0.2, -0.15) is 0 Å². The maximum absolute atomic E-state index is 4.81. The highest BCUT2D eigenvalue weighted by Crippen LogP contribution is 2.30. The second-order valence-electron chi connectivity index (χ2n) is 5.89. The number of rotatable bonds is 4. The van der Waals surface area contributed by atoms with Gasteiger partial charge in [0.2, 0.25) is 0 Å². The van der Waals surface area contributed by atoms with E-state index in [2.05, 4.69) is 19.9 Å². The van der Waals surface area contributed by atoms with Gasteiger partial charge in [0.1, 0.15) is 17.3 Å². The number of hydrogen-bond acceptors (Lipinski definition) is 6. The second-order valence-corrected chi connectivity index (χ2v) is 5.89. The zero-order valence-corrected chi connectivity index (χ0v) is 13.6. The molecule has 0 unspecified atom stereocenters. The predicted octanol–water partition coefficient (Wildman–Crippen LogP) is 2.45. The Morgan fingerprint density at radius 2 is 1.79 bits per heavy atom. The smallest absolute Gasteiger partial charge is 0.180 e. The average Bonchev–Trinajstić information content (AvgIpc) is 3.11. The van der Waals surface area contributed by atoms with Crippen LogP contribution < -0.4 is 4.90 Å². The van der Waals surface area contributed by atoms with Crippen LogP contribution in [0.2, 0.25) is 0 Å². The first kappa shape index (κ1) is 14.7. The van der Waals surface area contributed by atoms with E-state index >= 15 is 0 Å². The third-order valence-corrected chi connectivity index (χ3v) is 4.16. The fourth-order valence-corrected chi connectivity index (χ4v) is 3.04. The van der Waals surface area contributed by atoms with Crippen molar-refractivity contribution in [2.75, 3.05) is 11.9 Å². The number of nitrogens with zero attached hydrogens (tertiary/aromatic N) is 6. The molecule has 0 N–H and O–H groups in total. The van der Waals surface area contributed by atoms with Crippen molar-refractivity contribution in [1.29, 1.82) is 0 Å². The third-order valence-electron chi connectivity index (χ3n) is 4.16. The van der Waals surface area contributed by atoms with Gasteiger partial charge < -0.3 is 4.90 Å². The summed E-state index contributed by atoms with van der Waals surface area (Å²) in [5, 5.41) is 0.